The first-order valence-electron chi connectivity index (χ1n) is 6.29. The van der Waals surface area contributed by atoms with Crippen molar-refractivity contribution in [3.05, 3.63) is 17.5 Å². The lowest BCUT2D eigenvalue weighted by Crippen LogP contribution is -2.44. The Morgan fingerprint density at radius 1 is 1.37 bits per heavy atom. The van der Waals surface area contributed by atoms with E-state index in [-0.39, 0.29) is 6.03 Å². The van der Waals surface area contributed by atoms with E-state index >= 15 is 0 Å². The summed E-state index contributed by atoms with van der Waals surface area (Å²) >= 11 is 0. The van der Waals surface area contributed by atoms with Gasteiger partial charge in [-0.3, -0.25) is 15.2 Å². The smallest absolute Gasteiger partial charge is 0.324 e. The lowest BCUT2D eigenvalue weighted by atomic mass is 10.4. The molecule has 0 unspecified atom stereocenters. The summed E-state index contributed by atoms with van der Waals surface area (Å²) in [5, 5.41) is 5.76. The molecule has 0 atom stereocenters. The Bertz CT molecular complexity index is 493. The Morgan fingerprint density at radius 2 is 2.05 bits per heavy atom. The lowest BCUT2D eigenvalue weighted by molar-refractivity contribution is 0.224. The van der Waals surface area contributed by atoms with Gasteiger partial charge < -0.3 is 5.32 Å². The first-order chi connectivity index (χ1) is 9.10. The SMILES string of the molecule is CCNC(=O)N1CCN=C1Nc1nc(C)cc(C)n1. The molecule has 2 N–H and O–H groups in total. The Kier molecular flexibility index (Phi) is 3.94. The number of amides is 2. The van der Waals surface area contributed by atoms with Crippen LogP contribution in [0.1, 0.15) is 18.3 Å². The van der Waals surface area contributed by atoms with Crippen LogP contribution in [0.3, 0.4) is 0 Å². The summed E-state index contributed by atoms with van der Waals surface area (Å²) in [6.45, 7) is 7.42. The zero-order valence-corrected chi connectivity index (χ0v) is 11.4. The number of urea groups is 1. The van der Waals surface area contributed by atoms with Gasteiger partial charge >= 0.3 is 6.03 Å². The molecule has 0 fully saturated rings. The molecule has 7 nitrogen and oxygen atoms in total. The van der Waals surface area contributed by atoms with Gasteiger partial charge in [-0.2, -0.15) is 0 Å². The largest absolute Gasteiger partial charge is 0.338 e. The van der Waals surface area contributed by atoms with Crippen LogP contribution in [0.15, 0.2) is 11.1 Å². The summed E-state index contributed by atoms with van der Waals surface area (Å²) in [6, 6.07) is 1.74. The third-order valence-electron chi connectivity index (χ3n) is 2.62. The van der Waals surface area contributed by atoms with Gasteiger partial charge in [0.1, 0.15) is 0 Å². The predicted molar refractivity (Wildman–Crippen MR) is 73.2 cm³/mol. The number of nitrogens with one attached hydrogen (secondary N) is 2. The normalized spacial score (nSPS) is 14.3. The maximum absolute atomic E-state index is 11.8. The highest BCUT2D eigenvalue weighted by Crippen LogP contribution is 2.08. The number of nitrogens with zero attached hydrogens (tertiary/aromatic N) is 4. The van der Waals surface area contributed by atoms with Gasteiger partial charge in [0, 0.05) is 17.9 Å². The Morgan fingerprint density at radius 3 is 2.68 bits per heavy atom. The Labute approximate surface area is 112 Å². The summed E-state index contributed by atoms with van der Waals surface area (Å²) in [7, 11) is 0. The second-order valence-electron chi connectivity index (χ2n) is 4.29. The first kappa shape index (κ1) is 13.3. The molecule has 0 bridgehead atoms. The maximum atomic E-state index is 11.8. The fraction of sp³-hybridized carbons (Fsp3) is 0.500. The minimum Gasteiger partial charge on any atom is -0.338 e. The standard InChI is InChI=1S/C12H18N6O/c1-4-13-12(19)18-6-5-14-11(18)17-10-15-8(2)7-9(3)16-10/h7H,4-6H2,1-3H3,(H,13,19)(H,14,15,16,17). The van der Waals surface area contributed by atoms with E-state index in [1.807, 2.05) is 26.8 Å². The van der Waals surface area contributed by atoms with E-state index in [4.69, 9.17) is 0 Å². The van der Waals surface area contributed by atoms with E-state index < -0.39 is 0 Å². The number of hydrogen-bond acceptors (Lipinski definition) is 5. The molecule has 0 aliphatic carbocycles. The number of rotatable bonds is 2. The predicted octanol–water partition coefficient (Wildman–Crippen LogP) is 0.906. The second-order valence-corrected chi connectivity index (χ2v) is 4.29. The minimum absolute atomic E-state index is 0.157. The van der Waals surface area contributed by atoms with Crippen LogP contribution >= 0.6 is 0 Å². The lowest BCUT2D eigenvalue weighted by Gasteiger charge is -2.18. The highest BCUT2D eigenvalue weighted by atomic mass is 16.2. The van der Waals surface area contributed by atoms with Crippen molar-refractivity contribution in [3.8, 4) is 0 Å². The zero-order valence-electron chi connectivity index (χ0n) is 11.4. The van der Waals surface area contributed by atoms with Crippen molar-refractivity contribution in [2.75, 3.05) is 25.0 Å². The van der Waals surface area contributed by atoms with Gasteiger partial charge in [0.15, 0.2) is 0 Å². The van der Waals surface area contributed by atoms with Crippen LogP contribution in [0.4, 0.5) is 10.7 Å². The van der Waals surface area contributed by atoms with Crippen LogP contribution in [-0.2, 0) is 0 Å². The third kappa shape index (κ3) is 3.18. The molecule has 0 aromatic carbocycles. The van der Waals surface area contributed by atoms with Crippen molar-refractivity contribution >= 4 is 17.9 Å². The van der Waals surface area contributed by atoms with Crippen molar-refractivity contribution in [1.82, 2.24) is 20.2 Å². The molecule has 2 amide bonds. The van der Waals surface area contributed by atoms with Crippen molar-refractivity contribution in [1.29, 1.82) is 0 Å². The fourth-order valence-corrected chi connectivity index (χ4v) is 1.88. The molecule has 1 aromatic heterocycles. The van der Waals surface area contributed by atoms with E-state index in [0.29, 0.717) is 31.5 Å². The number of guanidine groups is 1. The number of carbonyl (C=O) groups excluding carboxylic acids is 1. The van der Waals surface area contributed by atoms with Gasteiger partial charge in [0.2, 0.25) is 11.9 Å². The fourth-order valence-electron chi connectivity index (χ4n) is 1.88. The number of aliphatic imine (C=N–C) groups is 1. The van der Waals surface area contributed by atoms with Gasteiger partial charge in [-0.1, -0.05) is 0 Å². The summed E-state index contributed by atoms with van der Waals surface area (Å²) in [5.41, 5.74) is 1.75. The summed E-state index contributed by atoms with van der Waals surface area (Å²) in [4.78, 5) is 26.2. The van der Waals surface area contributed by atoms with Crippen molar-refractivity contribution in [3.63, 3.8) is 0 Å². The first-order valence-corrected chi connectivity index (χ1v) is 6.29. The van der Waals surface area contributed by atoms with Crippen LogP contribution < -0.4 is 10.6 Å². The molecule has 19 heavy (non-hydrogen) atoms. The molecule has 1 aliphatic heterocycles. The minimum atomic E-state index is -0.157. The van der Waals surface area contributed by atoms with E-state index in [9.17, 15) is 4.79 Å². The van der Waals surface area contributed by atoms with Crippen LogP contribution in [-0.4, -0.2) is 46.5 Å². The van der Waals surface area contributed by atoms with E-state index in [1.54, 1.807) is 4.90 Å². The molecule has 0 saturated heterocycles. The third-order valence-corrected chi connectivity index (χ3v) is 2.62. The second kappa shape index (κ2) is 5.64. The number of hydrogen-bond donors (Lipinski definition) is 2. The van der Waals surface area contributed by atoms with Crippen molar-refractivity contribution < 1.29 is 4.79 Å². The van der Waals surface area contributed by atoms with Crippen LogP contribution in [0.25, 0.3) is 0 Å². The molecule has 1 aromatic rings. The van der Waals surface area contributed by atoms with Crippen molar-refractivity contribution in [2.24, 2.45) is 4.99 Å². The molecular weight excluding hydrogens is 244 g/mol. The number of anilines is 1. The molecule has 0 radical (unpaired) electrons. The van der Waals surface area contributed by atoms with Gasteiger partial charge in [-0.05, 0) is 26.8 Å². The quantitative estimate of drug-likeness (QED) is 0.829. The van der Waals surface area contributed by atoms with E-state index in [0.717, 1.165) is 11.4 Å². The van der Waals surface area contributed by atoms with Gasteiger partial charge in [0.25, 0.3) is 0 Å². The van der Waals surface area contributed by atoms with Crippen LogP contribution in [0, 0.1) is 13.8 Å². The molecule has 2 heterocycles. The molecular formula is C12H18N6O. The molecule has 1 aliphatic rings. The Balaban J connectivity index is 2.11. The number of aryl methyl sites for hydroxylation is 2. The Hall–Kier alpha value is -2.18. The van der Waals surface area contributed by atoms with Crippen LogP contribution in [0.2, 0.25) is 0 Å². The topological polar surface area (TPSA) is 82.5 Å². The summed E-state index contributed by atoms with van der Waals surface area (Å²) in [6.07, 6.45) is 0. The average molecular weight is 262 g/mol. The van der Waals surface area contributed by atoms with Gasteiger partial charge in [-0.25, -0.2) is 14.8 Å². The monoisotopic (exact) mass is 262 g/mol. The zero-order chi connectivity index (χ0) is 13.8. The molecule has 0 saturated carbocycles. The van der Waals surface area contributed by atoms with Crippen LogP contribution in [0.5, 0.6) is 0 Å². The summed E-state index contributed by atoms with van der Waals surface area (Å²) < 4.78 is 0. The van der Waals surface area contributed by atoms with E-state index in [2.05, 4.69) is 25.6 Å². The molecule has 0 spiro atoms. The highest BCUT2D eigenvalue weighted by molar-refractivity contribution is 6.03. The van der Waals surface area contributed by atoms with Gasteiger partial charge in [0.05, 0.1) is 13.1 Å². The molecule has 102 valence electrons. The van der Waals surface area contributed by atoms with Crippen molar-refractivity contribution in [2.45, 2.75) is 20.8 Å². The van der Waals surface area contributed by atoms with Gasteiger partial charge in [-0.15, -0.1) is 0 Å². The average Bonchev–Trinajstić information content (AvgIpc) is 2.76. The highest BCUT2D eigenvalue weighted by Gasteiger charge is 2.23. The molecule has 7 heteroatoms. The number of carbonyl (C=O) groups is 1. The maximum Gasteiger partial charge on any atom is 0.324 e. The summed E-state index contributed by atoms with van der Waals surface area (Å²) in [5.74, 6) is 0.961. The molecule has 2 rings (SSSR count). The number of aromatic nitrogens is 2. The van der Waals surface area contributed by atoms with E-state index in [1.165, 1.54) is 0 Å².